The standard InChI is InChI=1S/C20H18N4O3S2/c1-12-18(13-5-7-14(26-2)8-6-13)23-20(29-12)21-16(25)9-10-17-22-19(24-27-17)15-4-3-11-28-15/h3-8,11H,9-10H2,1-2H3,(H,21,23,25). The highest BCUT2D eigenvalue weighted by Crippen LogP contribution is 2.31. The number of carbonyl (C=O) groups is 1. The van der Waals surface area contributed by atoms with E-state index in [-0.39, 0.29) is 12.3 Å². The van der Waals surface area contributed by atoms with Gasteiger partial charge in [-0.2, -0.15) is 4.98 Å². The summed E-state index contributed by atoms with van der Waals surface area (Å²) in [5.74, 6) is 1.64. The van der Waals surface area contributed by atoms with E-state index in [0.29, 0.717) is 23.3 Å². The van der Waals surface area contributed by atoms with E-state index in [9.17, 15) is 4.79 Å². The Morgan fingerprint density at radius 3 is 2.76 bits per heavy atom. The largest absolute Gasteiger partial charge is 0.497 e. The Morgan fingerprint density at radius 1 is 1.21 bits per heavy atom. The van der Waals surface area contributed by atoms with E-state index >= 15 is 0 Å². The summed E-state index contributed by atoms with van der Waals surface area (Å²) in [4.78, 5) is 23.2. The molecule has 0 atom stereocenters. The molecule has 0 aliphatic heterocycles. The van der Waals surface area contributed by atoms with Crippen molar-refractivity contribution < 1.29 is 14.1 Å². The number of hydrogen-bond acceptors (Lipinski definition) is 8. The summed E-state index contributed by atoms with van der Waals surface area (Å²) in [5.41, 5.74) is 1.83. The third kappa shape index (κ3) is 4.52. The van der Waals surface area contributed by atoms with Crippen LogP contribution in [-0.4, -0.2) is 28.1 Å². The van der Waals surface area contributed by atoms with E-state index in [1.54, 1.807) is 18.4 Å². The van der Waals surface area contributed by atoms with Gasteiger partial charge in [-0.1, -0.05) is 11.2 Å². The molecule has 9 heteroatoms. The molecule has 148 valence electrons. The molecule has 0 spiro atoms. The molecule has 0 aliphatic rings. The summed E-state index contributed by atoms with van der Waals surface area (Å²) in [6.07, 6.45) is 0.614. The van der Waals surface area contributed by atoms with Gasteiger partial charge in [0.25, 0.3) is 0 Å². The Bertz CT molecular complexity index is 1100. The number of aryl methyl sites for hydroxylation is 2. The molecule has 29 heavy (non-hydrogen) atoms. The molecule has 1 amide bonds. The van der Waals surface area contributed by atoms with E-state index in [0.717, 1.165) is 26.8 Å². The third-order valence-electron chi connectivity index (χ3n) is 4.18. The number of aromatic nitrogens is 3. The fraction of sp³-hybridized carbons (Fsp3) is 0.200. The van der Waals surface area contributed by atoms with Gasteiger partial charge in [-0.15, -0.1) is 22.7 Å². The molecule has 0 fully saturated rings. The maximum absolute atomic E-state index is 12.3. The van der Waals surface area contributed by atoms with Gasteiger partial charge in [0, 0.05) is 23.3 Å². The lowest BCUT2D eigenvalue weighted by molar-refractivity contribution is -0.116. The monoisotopic (exact) mass is 426 g/mol. The molecule has 0 radical (unpaired) electrons. The molecule has 0 unspecified atom stereocenters. The first-order chi connectivity index (χ1) is 14.1. The fourth-order valence-electron chi connectivity index (χ4n) is 2.73. The average molecular weight is 427 g/mol. The number of rotatable bonds is 7. The third-order valence-corrected chi connectivity index (χ3v) is 5.93. The zero-order valence-corrected chi connectivity index (χ0v) is 17.5. The molecular weight excluding hydrogens is 408 g/mol. The Hall–Kier alpha value is -3.04. The fourth-order valence-corrected chi connectivity index (χ4v) is 4.23. The van der Waals surface area contributed by atoms with Crippen molar-refractivity contribution in [3.8, 4) is 27.7 Å². The van der Waals surface area contributed by atoms with Gasteiger partial charge in [0.15, 0.2) is 5.13 Å². The first kappa shape index (κ1) is 19.3. The lowest BCUT2D eigenvalue weighted by Gasteiger charge is -2.02. The summed E-state index contributed by atoms with van der Waals surface area (Å²) < 4.78 is 10.4. The van der Waals surface area contributed by atoms with Crippen LogP contribution in [0.4, 0.5) is 5.13 Å². The van der Waals surface area contributed by atoms with Gasteiger partial charge in [-0.3, -0.25) is 4.79 Å². The lowest BCUT2D eigenvalue weighted by atomic mass is 10.1. The number of benzene rings is 1. The zero-order valence-electron chi connectivity index (χ0n) is 15.8. The second-order valence-electron chi connectivity index (χ2n) is 6.19. The summed E-state index contributed by atoms with van der Waals surface area (Å²) in [7, 11) is 1.63. The number of nitrogens with one attached hydrogen (secondary N) is 1. The van der Waals surface area contributed by atoms with Crippen molar-refractivity contribution in [1.29, 1.82) is 0 Å². The molecule has 7 nitrogen and oxygen atoms in total. The molecule has 0 bridgehead atoms. The Balaban J connectivity index is 1.36. The van der Waals surface area contributed by atoms with Crippen molar-refractivity contribution in [3.63, 3.8) is 0 Å². The van der Waals surface area contributed by atoms with Crippen LogP contribution in [0.2, 0.25) is 0 Å². The Kier molecular flexibility index (Phi) is 5.68. The zero-order chi connectivity index (χ0) is 20.2. The van der Waals surface area contributed by atoms with Crippen molar-refractivity contribution in [3.05, 3.63) is 52.5 Å². The van der Waals surface area contributed by atoms with Crippen LogP contribution >= 0.6 is 22.7 Å². The number of carbonyl (C=O) groups excluding carboxylic acids is 1. The molecule has 0 aliphatic carbocycles. The van der Waals surface area contributed by atoms with Crippen LogP contribution in [0.25, 0.3) is 22.0 Å². The van der Waals surface area contributed by atoms with Gasteiger partial charge in [-0.25, -0.2) is 4.98 Å². The number of thiophene rings is 1. The highest BCUT2D eigenvalue weighted by Gasteiger charge is 2.14. The van der Waals surface area contributed by atoms with Gasteiger partial charge in [0.05, 0.1) is 17.7 Å². The molecule has 1 aromatic carbocycles. The number of thiazole rings is 1. The average Bonchev–Trinajstić information content (AvgIpc) is 3.47. The quantitative estimate of drug-likeness (QED) is 0.456. The summed E-state index contributed by atoms with van der Waals surface area (Å²) in [5, 5.41) is 9.34. The maximum Gasteiger partial charge on any atom is 0.227 e. The Morgan fingerprint density at radius 2 is 2.03 bits per heavy atom. The first-order valence-electron chi connectivity index (χ1n) is 8.90. The molecular formula is C20H18N4O3S2. The highest BCUT2D eigenvalue weighted by atomic mass is 32.1. The normalized spacial score (nSPS) is 10.8. The molecule has 3 heterocycles. The minimum absolute atomic E-state index is 0.143. The molecule has 1 N–H and O–H groups in total. The van der Waals surface area contributed by atoms with Crippen LogP contribution in [0.15, 0.2) is 46.3 Å². The van der Waals surface area contributed by atoms with E-state index < -0.39 is 0 Å². The van der Waals surface area contributed by atoms with E-state index in [2.05, 4.69) is 20.4 Å². The highest BCUT2D eigenvalue weighted by molar-refractivity contribution is 7.16. The van der Waals surface area contributed by atoms with Crippen LogP contribution in [0.5, 0.6) is 5.75 Å². The first-order valence-corrected chi connectivity index (χ1v) is 10.6. The van der Waals surface area contributed by atoms with Crippen molar-refractivity contribution in [2.75, 3.05) is 12.4 Å². The topological polar surface area (TPSA) is 90.1 Å². The Labute approximate surface area is 175 Å². The van der Waals surface area contributed by atoms with Crippen molar-refractivity contribution in [2.45, 2.75) is 19.8 Å². The van der Waals surface area contributed by atoms with Gasteiger partial charge >= 0.3 is 0 Å². The molecule has 4 aromatic rings. The summed E-state index contributed by atoms with van der Waals surface area (Å²) >= 11 is 2.99. The van der Waals surface area contributed by atoms with E-state index in [1.165, 1.54) is 11.3 Å². The summed E-state index contributed by atoms with van der Waals surface area (Å²) in [6.45, 7) is 1.98. The lowest BCUT2D eigenvalue weighted by Crippen LogP contribution is -2.12. The second-order valence-corrected chi connectivity index (χ2v) is 8.34. The molecule has 4 rings (SSSR count). The maximum atomic E-state index is 12.3. The predicted octanol–water partition coefficient (Wildman–Crippen LogP) is 4.81. The second kappa shape index (κ2) is 8.54. The minimum Gasteiger partial charge on any atom is -0.497 e. The van der Waals surface area contributed by atoms with E-state index in [4.69, 9.17) is 9.26 Å². The van der Waals surface area contributed by atoms with Gasteiger partial charge < -0.3 is 14.6 Å². The van der Waals surface area contributed by atoms with E-state index in [1.807, 2.05) is 48.7 Å². The molecule has 3 aromatic heterocycles. The number of methoxy groups -OCH3 is 1. The number of anilines is 1. The van der Waals surface area contributed by atoms with Gasteiger partial charge in [0.2, 0.25) is 17.6 Å². The van der Waals surface area contributed by atoms with Crippen molar-refractivity contribution in [2.24, 2.45) is 0 Å². The van der Waals surface area contributed by atoms with Crippen LogP contribution in [-0.2, 0) is 11.2 Å². The number of nitrogens with zero attached hydrogens (tertiary/aromatic N) is 3. The molecule has 0 saturated carbocycles. The number of hydrogen-bond donors (Lipinski definition) is 1. The van der Waals surface area contributed by atoms with Gasteiger partial charge in [0.1, 0.15) is 5.75 Å². The van der Waals surface area contributed by atoms with Crippen LogP contribution in [0.1, 0.15) is 17.2 Å². The van der Waals surface area contributed by atoms with Gasteiger partial charge in [-0.05, 0) is 42.6 Å². The smallest absolute Gasteiger partial charge is 0.227 e. The minimum atomic E-state index is -0.143. The van der Waals surface area contributed by atoms with Crippen LogP contribution in [0.3, 0.4) is 0 Å². The predicted molar refractivity (Wildman–Crippen MR) is 113 cm³/mol. The van der Waals surface area contributed by atoms with Crippen LogP contribution in [0, 0.1) is 6.92 Å². The molecule has 0 saturated heterocycles. The number of amides is 1. The van der Waals surface area contributed by atoms with Crippen LogP contribution < -0.4 is 10.1 Å². The summed E-state index contributed by atoms with van der Waals surface area (Å²) in [6, 6.07) is 11.5. The van der Waals surface area contributed by atoms with Crippen molar-refractivity contribution >= 4 is 33.7 Å². The van der Waals surface area contributed by atoms with Crippen molar-refractivity contribution in [1.82, 2.24) is 15.1 Å². The number of ether oxygens (including phenoxy) is 1. The SMILES string of the molecule is COc1ccc(-c2nc(NC(=O)CCc3nc(-c4cccs4)no3)sc2C)cc1.